The van der Waals surface area contributed by atoms with Crippen LogP contribution >= 0.6 is 0 Å². The Balaban J connectivity index is 0.000000143. The summed E-state index contributed by atoms with van der Waals surface area (Å²) in [6.45, 7) is 5.51. The Morgan fingerprint density at radius 3 is 1.37 bits per heavy atom. The number of rotatable bonds is 0. The van der Waals surface area contributed by atoms with E-state index in [1.165, 1.54) is 5.56 Å². The average molecular weight is 264 g/mol. The Morgan fingerprint density at radius 1 is 0.895 bits per heavy atom. The van der Waals surface area contributed by atoms with Crippen molar-refractivity contribution in [3.63, 3.8) is 0 Å². The van der Waals surface area contributed by atoms with Gasteiger partial charge in [-0.15, -0.1) is 0 Å². The van der Waals surface area contributed by atoms with Gasteiger partial charge in [0.05, 0.1) is 0 Å². The second-order valence-electron chi connectivity index (χ2n) is 4.31. The van der Waals surface area contributed by atoms with Crippen molar-refractivity contribution in [3.8, 4) is 0 Å². The maximum Gasteiger partial charge on any atom is 0.314 e. The second kappa shape index (κ2) is 7.25. The van der Waals surface area contributed by atoms with Gasteiger partial charge in [0, 0.05) is 26.2 Å². The summed E-state index contributed by atoms with van der Waals surface area (Å²) in [5.41, 5.74) is 10.9. The number of carbonyl (C=O) groups excluding carboxylic acids is 2. The lowest BCUT2D eigenvalue weighted by Gasteiger charge is -1.85. The van der Waals surface area contributed by atoms with Crippen LogP contribution in [0.3, 0.4) is 0 Å². The number of urea groups is 2. The number of primary amides is 2. The van der Waals surface area contributed by atoms with Crippen LogP contribution in [0.15, 0.2) is 30.3 Å². The van der Waals surface area contributed by atoms with Crippen LogP contribution in [-0.4, -0.2) is 48.0 Å². The van der Waals surface area contributed by atoms with Gasteiger partial charge < -0.3 is 21.3 Å². The highest BCUT2D eigenvalue weighted by Gasteiger charge is 2.20. The quantitative estimate of drug-likeness (QED) is 0.677. The van der Waals surface area contributed by atoms with Gasteiger partial charge in [-0.25, -0.2) is 9.59 Å². The molecule has 4 amide bonds. The molecule has 0 saturated carbocycles. The molecular formula is C13H20N4O2. The molecule has 0 spiro atoms. The first-order chi connectivity index (χ1) is 9.00. The van der Waals surface area contributed by atoms with E-state index in [9.17, 15) is 9.59 Å². The van der Waals surface area contributed by atoms with Crippen LogP contribution < -0.4 is 11.5 Å². The number of hydrogen-bond donors (Lipinski definition) is 2. The molecule has 0 unspecified atom stereocenters. The van der Waals surface area contributed by atoms with Crippen molar-refractivity contribution in [2.24, 2.45) is 11.5 Å². The number of carbonyl (C=O) groups is 2. The maximum atomic E-state index is 9.91. The van der Waals surface area contributed by atoms with E-state index in [1.54, 1.807) is 9.80 Å². The van der Waals surface area contributed by atoms with E-state index in [2.05, 4.69) is 19.1 Å². The first kappa shape index (κ1) is 14.8. The molecule has 1 aromatic carbocycles. The third kappa shape index (κ3) is 7.64. The summed E-state index contributed by atoms with van der Waals surface area (Å²) in [6, 6.07) is 9.67. The highest BCUT2D eigenvalue weighted by molar-refractivity contribution is 5.74. The Kier molecular flexibility index (Phi) is 5.66. The van der Waals surface area contributed by atoms with Crippen LogP contribution in [0.2, 0.25) is 0 Å². The first-order valence-electron chi connectivity index (χ1n) is 6.11. The molecule has 104 valence electrons. The summed E-state index contributed by atoms with van der Waals surface area (Å²) < 4.78 is 0. The van der Waals surface area contributed by atoms with Crippen LogP contribution in [0.25, 0.3) is 0 Å². The third-order valence-corrected chi connectivity index (χ3v) is 2.46. The number of benzene rings is 1. The molecule has 0 aromatic heterocycles. The van der Waals surface area contributed by atoms with Gasteiger partial charge in [0.2, 0.25) is 0 Å². The molecule has 19 heavy (non-hydrogen) atoms. The van der Waals surface area contributed by atoms with E-state index in [-0.39, 0.29) is 12.1 Å². The van der Waals surface area contributed by atoms with Gasteiger partial charge >= 0.3 is 12.1 Å². The molecular weight excluding hydrogens is 244 g/mol. The van der Waals surface area contributed by atoms with Gasteiger partial charge in [-0.05, 0) is 6.92 Å². The highest BCUT2D eigenvalue weighted by atomic mass is 16.2. The maximum absolute atomic E-state index is 9.91. The molecule has 2 aliphatic heterocycles. The van der Waals surface area contributed by atoms with E-state index in [0.29, 0.717) is 0 Å². The van der Waals surface area contributed by atoms with Crippen molar-refractivity contribution >= 4 is 12.1 Å². The van der Waals surface area contributed by atoms with Crippen LogP contribution in [0.5, 0.6) is 0 Å². The second-order valence-corrected chi connectivity index (χ2v) is 4.31. The van der Waals surface area contributed by atoms with Crippen molar-refractivity contribution in [1.82, 2.24) is 9.80 Å². The molecule has 1 aromatic rings. The summed E-state index contributed by atoms with van der Waals surface area (Å²) in [5.74, 6) is 0. The molecule has 6 nitrogen and oxygen atoms in total. The molecule has 2 fully saturated rings. The van der Waals surface area contributed by atoms with Crippen molar-refractivity contribution < 1.29 is 9.59 Å². The standard InChI is InChI=1S/C7H8.2C3H6N2O/c1-7-5-3-2-4-6-7;2*4-3(6)5-1-2-5/h2-6H,1H3;2*1-2H2,(H2,4,6). The van der Waals surface area contributed by atoms with Gasteiger partial charge in [0.1, 0.15) is 0 Å². The van der Waals surface area contributed by atoms with E-state index < -0.39 is 0 Å². The Labute approximate surface area is 113 Å². The Morgan fingerprint density at radius 2 is 1.26 bits per heavy atom. The van der Waals surface area contributed by atoms with Gasteiger partial charge in [0.15, 0.2) is 0 Å². The van der Waals surface area contributed by atoms with Crippen molar-refractivity contribution in [1.29, 1.82) is 0 Å². The number of hydrogen-bond acceptors (Lipinski definition) is 2. The van der Waals surface area contributed by atoms with Crippen molar-refractivity contribution in [3.05, 3.63) is 35.9 Å². The summed E-state index contributed by atoms with van der Waals surface area (Å²) in [6.07, 6.45) is 0. The molecule has 3 rings (SSSR count). The minimum Gasteiger partial charge on any atom is -0.351 e. The van der Waals surface area contributed by atoms with Gasteiger partial charge in [-0.2, -0.15) is 0 Å². The first-order valence-corrected chi connectivity index (χ1v) is 6.11. The van der Waals surface area contributed by atoms with Gasteiger partial charge in [0.25, 0.3) is 0 Å². The fraction of sp³-hybridized carbons (Fsp3) is 0.385. The monoisotopic (exact) mass is 264 g/mol. The molecule has 2 aliphatic rings. The molecule has 0 atom stereocenters. The zero-order valence-corrected chi connectivity index (χ0v) is 11.1. The molecule has 0 aliphatic carbocycles. The smallest absolute Gasteiger partial charge is 0.314 e. The Bertz CT molecular complexity index is 392. The molecule has 2 heterocycles. The molecule has 0 bridgehead atoms. The average Bonchev–Trinajstić information content (AvgIpc) is 3.21. The van der Waals surface area contributed by atoms with E-state index in [1.807, 2.05) is 18.2 Å². The fourth-order valence-electron chi connectivity index (χ4n) is 1.08. The lowest BCUT2D eigenvalue weighted by molar-refractivity contribution is 0.237. The van der Waals surface area contributed by atoms with Crippen LogP contribution in [0.1, 0.15) is 5.56 Å². The third-order valence-electron chi connectivity index (χ3n) is 2.46. The van der Waals surface area contributed by atoms with Gasteiger partial charge in [-0.3, -0.25) is 0 Å². The number of amides is 4. The largest absolute Gasteiger partial charge is 0.351 e. The van der Waals surface area contributed by atoms with E-state index in [0.717, 1.165) is 26.2 Å². The van der Waals surface area contributed by atoms with E-state index >= 15 is 0 Å². The predicted molar refractivity (Wildman–Crippen MR) is 73.5 cm³/mol. The molecule has 2 saturated heterocycles. The molecule has 4 N–H and O–H groups in total. The topological polar surface area (TPSA) is 92.2 Å². The lowest BCUT2D eigenvalue weighted by atomic mass is 10.2. The van der Waals surface area contributed by atoms with Crippen LogP contribution in [0.4, 0.5) is 9.59 Å². The number of nitrogens with zero attached hydrogens (tertiary/aromatic N) is 2. The van der Waals surface area contributed by atoms with E-state index in [4.69, 9.17) is 11.5 Å². The summed E-state index contributed by atoms with van der Waals surface area (Å²) >= 11 is 0. The van der Waals surface area contributed by atoms with Crippen molar-refractivity contribution in [2.75, 3.05) is 26.2 Å². The van der Waals surface area contributed by atoms with Crippen LogP contribution in [-0.2, 0) is 0 Å². The zero-order chi connectivity index (χ0) is 14.3. The SMILES string of the molecule is Cc1ccccc1.NC(=O)N1CC1.NC(=O)N1CC1. The van der Waals surface area contributed by atoms with Crippen molar-refractivity contribution in [2.45, 2.75) is 6.92 Å². The minimum absolute atomic E-state index is 0.296. The summed E-state index contributed by atoms with van der Waals surface area (Å²) in [5, 5.41) is 0. The summed E-state index contributed by atoms with van der Waals surface area (Å²) in [7, 11) is 0. The number of nitrogens with two attached hydrogens (primary N) is 2. The predicted octanol–water partition coefficient (Wildman–Crippen LogP) is 0.756. The minimum atomic E-state index is -0.296. The zero-order valence-electron chi connectivity index (χ0n) is 11.1. The fourth-order valence-corrected chi connectivity index (χ4v) is 1.08. The highest BCUT2D eigenvalue weighted by Crippen LogP contribution is 1.99. The van der Waals surface area contributed by atoms with Gasteiger partial charge in [-0.1, -0.05) is 35.9 Å². The normalized spacial score (nSPS) is 14.4. The lowest BCUT2D eigenvalue weighted by Crippen LogP contribution is -2.17. The molecule has 0 radical (unpaired) electrons. The van der Waals surface area contributed by atoms with Crippen LogP contribution in [0, 0.1) is 6.92 Å². The number of aryl methyl sites for hydroxylation is 1. The molecule has 6 heteroatoms. The Hall–Kier alpha value is -2.24. The summed E-state index contributed by atoms with van der Waals surface area (Å²) in [4.78, 5) is 22.9.